The fourth-order valence-electron chi connectivity index (χ4n) is 2.25. The molecule has 1 unspecified atom stereocenters. The van der Waals surface area contributed by atoms with E-state index in [4.69, 9.17) is 0 Å². The number of nitrogens with zero attached hydrogens (tertiary/aromatic N) is 1. The second-order valence-corrected chi connectivity index (χ2v) is 5.08. The summed E-state index contributed by atoms with van der Waals surface area (Å²) in [5.41, 5.74) is 4.49. The second-order valence-electron chi connectivity index (χ2n) is 5.08. The molecule has 0 radical (unpaired) electrons. The van der Waals surface area contributed by atoms with Gasteiger partial charge in [-0.2, -0.15) is 5.26 Å². The van der Waals surface area contributed by atoms with Crippen LogP contribution in [-0.2, 0) is 0 Å². The summed E-state index contributed by atoms with van der Waals surface area (Å²) in [4.78, 5) is 0. The van der Waals surface area contributed by atoms with Crippen LogP contribution in [0, 0.1) is 32.1 Å². The molecule has 0 fully saturated rings. The van der Waals surface area contributed by atoms with E-state index in [1.807, 2.05) is 57.2 Å². The van der Waals surface area contributed by atoms with Crippen LogP contribution in [0.25, 0.3) is 0 Å². The van der Waals surface area contributed by atoms with E-state index in [-0.39, 0.29) is 0 Å². The Balaban J connectivity index is 2.32. The number of rotatable bonds is 3. The molecule has 0 saturated heterocycles. The number of hydrogen-bond donors (Lipinski definition) is 2. The van der Waals surface area contributed by atoms with E-state index in [1.165, 1.54) is 0 Å². The first kappa shape index (κ1) is 14.0. The minimum Gasteiger partial charge on any atom is -0.507 e. The molecule has 0 aromatic heterocycles. The van der Waals surface area contributed by atoms with Gasteiger partial charge in [0.15, 0.2) is 0 Å². The number of aromatic hydroxyl groups is 1. The van der Waals surface area contributed by atoms with Crippen LogP contribution < -0.4 is 5.32 Å². The van der Waals surface area contributed by atoms with Crippen LogP contribution in [0.4, 0.5) is 5.69 Å². The van der Waals surface area contributed by atoms with Crippen molar-refractivity contribution >= 4 is 5.69 Å². The molecular weight excluding hydrogens is 248 g/mol. The van der Waals surface area contributed by atoms with Crippen molar-refractivity contribution in [2.24, 2.45) is 0 Å². The van der Waals surface area contributed by atoms with Gasteiger partial charge in [0.25, 0.3) is 0 Å². The maximum Gasteiger partial charge on any atom is 0.140 e. The summed E-state index contributed by atoms with van der Waals surface area (Å²) in [6.45, 7) is 5.70. The predicted octanol–water partition coefficient (Wildman–Crippen LogP) is 3.99. The van der Waals surface area contributed by atoms with Crippen molar-refractivity contribution in [1.29, 1.82) is 5.26 Å². The third-order valence-corrected chi connectivity index (χ3v) is 3.30. The van der Waals surface area contributed by atoms with Crippen LogP contribution >= 0.6 is 0 Å². The second kappa shape index (κ2) is 5.66. The number of aryl methyl sites for hydroxylation is 3. The summed E-state index contributed by atoms with van der Waals surface area (Å²) in [5.74, 6) is 0.293. The Bertz CT molecular complexity index is 648. The minimum absolute atomic E-state index is 0.293. The van der Waals surface area contributed by atoms with Gasteiger partial charge in [-0.25, -0.2) is 0 Å². The van der Waals surface area contributed by atoms with Crippen molar-refractivity contribution < 1.29 is 5.11 Å². The van der Waals surface area contributed by atoms with E-state index in [0.717, 1.165) is 27.9 Å². The van der Waals surface area contributed by atoms with Crippen LogP contribution in [0.5, 0.6) is 5.75 Å². The Kier molecular flexibility index (Phi) is 3.95. The fourth-order valence-corrected chi connectivity index (χ4v) is 2.25. The molecular formula is C17H18N2O. The number of nitriles is 1. The normalized spacial score (nSPS) is 11.7. The number of nitrogens with one attached hydrogen (secondary N) is 1. The van der Waals surface area contributed by atoms with Gasteiger partial charge in [-0.15, -0.1) is 0 Å². The molecule has 0 aliphatic heterocycles. The lowest BCUT2D eigenvalue weighted by Crippen LogP contribution is -2.09. The molecule has 0 bridgehead atoms. The third kappa shape index (κ3) is 2.92. The highest BCUT2D eigenvalue weighted by molar-refractivity contribution is 5.51. The van der Waals surface area contributed by atoms with Crippen molar-refractivity contribution in [2.45, 2.75) is 26.8 Å². The number of anilines is 1. The first-order chi connectivity index (χ1) is 9.51. The molecule has 1 atom stereocenters. The molecule has 3 nitrogen and oxygen atoms in total. The molecule has 102 valence electrons. The summed E-state index contributed by atoms with van der Waals surface area (Å²) in [7, 11) is 0. The summed E-state index contributed by atoms with van der Waals surface area (Å²) >= 11 is 0. The van der Waals surface area contributed by atoms with E-state index in [0.29, 0.717) is 5.75 Å². The van der Waals surface area contributed by atoms with Crippen LogP contribution in [0.2, 0.25) is 0 Å². The zero-order valence-corrected chi connectivity index (χ0v) is 11.9. The Labute approximate surface area is 119 Å². The molecule has 2 N–H and O–H groups in total. The van der Waals surface area contributed by atoms with E-state index < -0.39 is 6.04 Å². The molecule has 20 heavy (non-hydrogen) atoms. The zero-order chi connectivity index (χ0) is 14.7. The van der Waals surface area contributed by atoms with Gasteiger partial charge in [0.1, 0.15) is 11.8 Å². The Hall–Kier alpha value is -2.47. The van der Waals surface area contributed by atoms with Crippen LogP contribution in [-0.4, -0.2) is 5.11 Å². The van der Waals surface area contributed by atoms with Crippen molar-refractivity contribution in [2.75, 3.05) is 5.32 Å². The summed E-state index contributed by atoms with van der Waals surface area (Å²) < 4.78 is 0. The lowest BCUT2D eigenvalue weighted by Gasteiger charge is -2.16. The average molecular weight is 266 g/mol. The molecule has 3 heteroatoms. The topological polar surface area (TPSA) is 56.0 Å². The van der Waals surface area contributed by atoms with Gasteiger partial charge in [0.2, 0.25) is 0 Å². The Morgan fingerprint density at radius 3 is 2.30 bits per heavy atom. The number of phenols is 1. The van der Waals surface area contributed by atoms with Gasteiger partial charge >= 0.3 is 0 Å². The lowest BCUT2D eigenvalue weighted by atomic mass is 10.0. The molecule has 2 rings (SSSR count). The van der Waals surface area contributed by atoms with Gasteiger partial charge in [0.05, 0.1) is 6.07 Å². The predicted molar refractivity (Wildman–Crippen MR) is 80.7 cm³/mol. The standard InChI is InChI=1S/C17H18N2O/c1-11-5-4-6-15(7-11)19-16(10-18)14-8-12(2)17(20)13(3)9-14/h4-9,16,19-20H,1-3H3. The first-order valence-corrected chi connectivity index (χ1v) is 6.54. The summed E-state index contributed by atoms with van der Waals surface area (Å²) in [6, 6.07) is 13.4. The molecule has 0 spiro atoms. The first-order valence-electron chi connectivity index (χ1n) is 6.54. The SMILES string of the molecule is Cc1cccc(NC(C#N)c2cc(C)c(O)c(C)c2)c1. The van der Waals surface area contributed by atoms with Gasteiger partial charge in [-0.3, -0.25) is 0 Å². The minimum atomic E-state index is -0.435. The van der Waals surface area contributed by atoms with Gasteiger partial charge in [-0.1, -0.05) is 12.1 Å². The highest BCUT2D eigenvalue weighted by atomic mass is 16.3. The zero-order valence-electron chi connectivity index (χ0n) is 11.9. The van der Waals surface area contributed by atoms with Gasteiger partial charge in [0, 0.05) is 5.69 Å². The highest BCUT2D eigenvalue weighted by Crippen LogP contribution is 2.27. The third-order valence-electron chi connectivity index (χ3n) is 3.30. The van der Waals surface area contributed by atoms with Crippen molar-refractivity contribution in [3.05, 3.63) is 58.7 Å². The van der Waals surface area contributed by atoms with Gasteiger partial charge in [-0.05, 0) is 67.3 Å². The number of hydrogen-bond acceptors (Lipinski definition) is 3. The maximum atomic E-state index is 9.81. The van der Waals surface area contributed by atoms with E-state index in [2.05, 4.69) is 11.4 Å². The van der Waals surface area contributed by atoms with Crippen LogP contribution in [0.3, 0.4) is 0 Å². The number of benzene rings is 2. The summed E-state index contributed by atoms with van der Waals surface area (Å²) in [5, 5.41) is 22.4. The lowest BCUT2D eigenvalue weighted by molar-refractivity contribution is 0.466. The highest BCUT2D eigenvalue weighted by Gasteiger charge is 2.13. The van der Waals surface area contributed by atoms with Crippen LogP contribution in [0.15, 0.2) is 36.4 Å². The fraction of sp³-hybridized carbons (Fsp3) is 0.235. The quantitative estimate of drug-likeness (QED) is 0.883. The van der Waals surface area contributed by atoms with E-state index in [1.54, 1.807) is 0 Å². The van der Waals surface area contributed by atoms with E-state index >= 15 is 0 Å². The summed E-state index contributed by atoms with van der Waals surface area (Å²) in [6.07, 6.45) is 0. The van der Waals surface area contributed by atoms with Crippen molar-refractivity contribution in [1.82, 2.24) is 0 Å². The Morgan fingerprint density at radius 2 is 1.75 bits per heavy atom. The Morgan fingerprint density at radius 1 is 1.10 bits per heavy atom. The molecule has 0 amide bonds. The monoisotopic (exact) mass is 266 g/mol. The molecule has 0 aliphatic rings. The molecule has 0 aliphatic carbocycles. The smallest absolute Gasteiger partial charge is 0.140 e. The molecule has 2 aromatic rings. The van der Waals surface area contributed by atoms with Gasteiger partial charge < -0.3 is 10.4 Å². The van der Waals surface area contributed by atoms with Crippen molar-refractivity contribution in [3.63, 3.8) is 0 Å². The maximum absolute atomic E-state index is 9.81. The van der Waals surface area contributed by atoms with E-state index in [9.17, 15) is 10.4 Å². The molecule has 0 saturated carbocycles. The average Bonchev–Trinajstić information content (AvgIpc) is 2.41. The molecule has 2 aromatic carbocycles. The number of phenolic OH excluding ortho intramolecular Hbond substituents is 1. The van der Waals surface area contributed by atoms with Crippen molar-refractivity contribution in [3.8, 4) is 11.8 Å². The molecule has 0 heterocycles. The largest absolute Gasteiger partial charge is 0.507 e. The van der Waals surface area contributed by atoms with Crippen LogP contribution in [0.1, 0.15) is 28.3 Å².